The Morgan fingerprint density at radius 2 is 2.00 bits per heavy atom. The highest BCUT2D eigenvalue weighted by Gasteiger charge is 2.24. The Bertz CT molecular complexity index is 182. The number of phosphoric acid groups is 1. The maximum Gasteiger partial charge on any atom is 0.469 e. The van der Waals surface area contributed by atoms with Crippen molar-refractivity contribution in [2.24, 2.45) is 0 Å². The van der Waals surface area contributed by atoms with Gasteiger partial charge >= 0.3 is 7.82 Å². The van der Waals surface area contributed by atoms with Gasteiger partial charge in [-0.05, 0) is 27.2 Å². The topological polar surface area (TPSA) is 66.8 Å². The van der Waals surface area contributed by atoms with Crippen LogP contribution in [-0.4, -0.2) is 20.8 Å². The van der Waals surface area contributed by atoms with Crippen molar-refractivity contribution >= 4 is 19.4 Å². The summed E-state index contributed by atoms with van der Waals surface area (Å²) in [5, 5.41) is 0. The summed E-state index contributed by atoms with van der Waals surface area (Å²) in [6.45, 7) is 5.09. The van der Waals surface area contributed by atoms with Crippen LogP contribution in [0.5, 0.6) is 0 Å². The fourth-order valence-electron chi connectivity index (χ4n) is 0.955. The van der Waals surface area contributed by atoms with E-state index in [1.807, 2.05) is 0 Å². The highest BCUT2D eigenvalue weighted by molar-refractivity contribution is 7.46. The molecule has 0 aromatic rings. The average molecular weight is 217 g/mol. The zero-order chi connectivity index (χ0) is 9.99. The van der Waals surface area contributed by atoms with Crippen molar-refractivity contribution in [3.05, 3.63) is 0 Å². The van der Waals surface area contributed by atoms with E-state index in [1.54, 1.807) is 20.8 Å². The molecule has 4 nitrogen and oxygen atoms in total. The lowest BCUT2D eigenvalue weighted by molar-refractivity contribution is 0.132. The summed E-state index contributed by atoms with van der Waals surface area (Å²) in [6.07, 6.45) is -0.155. The molecule has 0 fully saturated rings. The maximum absolute atomic E-state index is 10.4. The molecule has 0 aromatic heterocycles. The van der Waals surface area contributed by atoms with Gasteiger partial charge in [0, 0.05) is 4.87 Å². The molecular weight excluding hydrogens is 202 g/mol. The molecule has 0 saturated heterocycles. The SMILES string of the molecule is CC(CC(C)(C)Cl)OP(=O)(O)O. The van der Waals surface area contributed by atoms with Gasteiger partial charge in [-0.15, -0.1) is 11.6 Å². The third kappa shape index (κ3) is 8.50. The lowest BCUT2D eigenvalue weighted by Crippen LogP contribution is -2.20. The quantitative estimate of drug-likeness (QED) is 0.556. The van der Waals surface area contributed by atoms with Gasteiger partial charge in [-0.3, -0.25) is 4.52 Å². The molecule has 0 aliphatic heterocycles. The van der Waals surface area contributed by atoms with Gasteiger partial charge in [-0.2, -0.15) is 0 Å². The van der Waals surface area contributed by atoms with Crippen LogP contribution in [0.15, 0.2) is 0 Å². The molecule has 6 heteroatoms. The minimum Gasteiger partial charge on any atom is -0.303 e. The molecule has 74 valence electrons. The molecule has 0 aliphatic carbocycles. The number of phosphoric ester groups is 1. The van der Waals surface area contributed by atoms with Crippen molar-refractivity contribution in [3.8, 4) is 0 Å². The number of hydrogen-bond donors (Lipinski definition) is 2. The third-order valence-electron chi connectivity index (χ3n) is 1.09. The van der Waals surface area contributed by atoms with Gasteiger partial charge in [-0.1, -0.05) is 0 Å². The van der Waals surface area contributed by atoms with Crippen molar-refractivity contribution in [2.75, 3.05) is 0 Å². The van der Waals surface area contributed by atoms with Gasteiger partial charge in [-0.25, -0.2) is 4.57 Å². The molecule has 0 aliphatic rings. The number of alkyl halides is 1. The van der Waals surface area contributed by atoms with E-state index in [0.717, 1.165) is 0 Å². The van der Waals surface area contributed by atoms with Crippen LogP contribution in [-0.2, 0) is 9.09 Å². The maximum atomic E-state index is 10.4. The van der Waals surface area contributed by atoms with Crippen molar-refractivity contribution < 1.29 is 18.9 Å². The molecule has 0 spiro atoms. The molecule has 0 heterocycles. The van der Waals surface area contributed by atoms with Gasteiger partial charge in [0.1, 0.15) is 0 Å². The molecule has 0 bridgehead atoms. The molecule has 2 N–H and O–H groups in total. The van der Waals surface area contributed by atoms with Crippen LogP contribution in [0, 0.1) is 0 Å². The first-order valence-corrected chi connectivity index (χ1v) is 5.44. The summed E-state index contributed by atoms with van der Waals surface area (Å²) in [7, 11) is -4.37. The van der Waals surface area contributed by atoms with Gasteiger partial charge < -0.3 is 9.79 Å². The minimum atomic E-state index is -4.37. The van der Waals surface area contributed by atoms with E-state index in [9.17, 15) is 4.57 Å². The van der Waals surface area contributed by atoms with Crippen LogP contribution in [0.25, 0.3) is 0 Å². The van der Waals surface area contributed by atoms with Crippen molar-refractivity contribution in [1.82, 2.24) is 0 Å². The zero-order valence-electron chi connectivity index (χ0n) is 7.32. The van der Waals surface area contributed by atoms with E-state index in [-0.39, 0.29) is 0 Å². The fourth-order valence-corrected chi connectivity index (χ4v) is 1.72. The number of halogens is 1. The predicted octanol–water partition coefficient (Wildman–Crippen LogP) is 1.89. The molecule has 1 unspecified atom stereocenters. The monoisotopic (exact) mass is 216 g/mol. The summed E-state index contributed by atoms with van der Waals surface area (Å²) in [5.41, 5.74) is 0. The van der Waals surface area contributed by atoms with Crippen LogP contribution in [0.1, 0.15) is 27.2 Å². The zero-order valence-corrected chi connectivity index (χ0v) is 8.97. The van der Waals surface area contributed by atoms with E-state index in [4.69, 9.17) is 21.4 Å². The summed E-state index contributed by atoms with van der Waals surface area (Å²) in [5.74, 6) is 0. The normalized spacial score (nSPS) is 16.2. The average Bonchev–Trinajstić information content (AvgIpc) is 1.49. The first-order chi connectivity index (χ1) is 5.10. The van der Waals surface area contributed by atoms with E-state index in [1.165, 1.54) is 0 Å². The van der Waals surface area contributed by atoms with Gasteiger partial charge in [0.15, 0.2) is 0 Å². The second-order valence-electron chi connectivity index (χ2n) is 3.33. The van der Waals surface area contributed by atoms with E-state index in [2.05, 4.69) is 4.52 Å². The van der Waals surface area contributed by atoms with Crippen LogP contribution >= 0.6 is 19.4 Å². The Hall–Kier alpha value is 0.400. The van der Waals surface area contributed by atoms with Crippen LogP contribution in [0.2, 0.25) is 0 Å². The van der Waals surface area contributed by atoms with Crippen LogP contribution in [0.3, 0.4) is 0 Å². The van der Waals surface area contributed by atoms with Gasteiger partial charge in [0.05, 0.1) is 6.10 Å². The standard InChI is InChI=1S/C6H14ClO4P/c1-5(4-6(2,3)7)11-12(8,9)10/h5H,4H2,1-3H3,(H2,8,9,10). The van der Waals surface area contributed by atoms with Crippen LogP contribution < -0.4 is 0 Å². The molecular formula is C6H14ClO4P. The Balaban J connectivity index is 3.91. The Morgan fingerprint density at radius 3 is 2.25 bits per heavy atom. The Labute approximate surface area is 77.1 Å². The van der Waals surface area contributed by atoms with E-state index in [0.29, 0.717) is 6.42 Å². The van der Waals surface area contributed by atoms with Gasteiger partial charge in [0.2, 0.25) is 0 Å². The fraction of sp³-hybridized carbons (Fsp3) is 1.00. The molecule has 0 aromatic carbocycles. The number of hydrogen-bond acceptors (Lipinski definition) is 2. The second kappa shape index (κ2) is 4.07. The second-order valence-corrected chi connectivity index (χ2v) is 5.54. The van der Waals surface area contributed by atoms with Crippen LogP contribution in [0.4, 0.5) is 0 Å². The summed E-state index contributed by atoms with van der Waals surface area (Å²) < 4.78 is 14.8. The van der Waals surface area contributed by atoms with E-state index >= 15 is 0 Å². The highest BCUT2D eigenvalue weighted by Crippen LogP contribution is 2.39. The lowest BCUT2D eigenvalue weighted by atomic mass is 10.1. The molecule has 12 heavy (non-hydrogen) atoms. The lowest BCUT2D eigenvalue weighted by Gasteiger charge is -2.21. The first kappa shape index (κ1) is 12.4. The smallest absolute Gasteiger partial charge is 0.303 e. The molecule has 0 radical (unpaired) electrons. The summed E-state index contributed by atoms with van der Waals surface area (Å²) in [6, 6.07) is 0. The van der Waals surface area contributed by atoms with Gasteiger partial charge in [0.25, 0.3) is 0 Å². The minimum absolute atomic E-state index is 0.389. The third-order valence-corrected chi connectivity index (χ3v) is 1.88. The molecule has 0 amide bonds. The summed E-state index contributed by atoms with van der Waals surface area (Å²) in [4.78, 5) is 16.4. The first-order valence-electron chi connectivity index (χ1n) is 3.53. The molecule has 1 atom stereocenters. The van der Waals surface area contributed by atoms with Crippen molar-refractivity contribution in [3.63, 3.8) is 0 Å². The predicted molar refractivity (Wildman–Crippen MR) is 47.1 cm³/mol. The molecule has 0 rings (SSSR count). The summed E-state index contributed by atoms with van der Waals surface area (Å²) >= 11 is 5.82. The number of rotatable bonds is 4. The largest absolute Gasteiger partial charge is 0.469 e. The van der Waals surface area contributed by atoms with Crippen molar-refractivity contribution in [2.45, 2.75) is 38.2 Å². The Morgan fingerprint density at radius 1 is 1.58 bits per heavy atom. The molecule has 0 saturated carbocycles. The van der Waals surface area contributed by atoms with Crippen molar-refractivity contribution in [1.29, 1.82) is 0 Å². The van der Waals surface area contributed by atoms with E-state index < -0.39 is 18.8 Å². The Kier molecular flexibility index (Phi) is 4.21. The highest BCUT2D eigenvalue weighted by atomic mass is 35.5.